The van der Waals surface area contributed by atoms with Crippen LogP contribution in [-0.2, 0) is 20.1 Å². The minimum absolute atomic E-state index is 0.0574. The molecule has 0 unspecified atom stereocenters. The molecule has 0 amide bonds. The highest BCUT2D eigenvalue weighted by molar-refractivity contribution is 7.85. The standard InChI is InChI=1S/C13H20O3S/c1-9(2)16-17(14,15)8-13-7-6-10(3)11(4)12(13)5/h6-7,9H,8H2,1-5H3. The average Bonchev–Trinajstić information content (AvgIpc) is 2.17. The summed E-state index contributed by atoms with van der Waals surface area (Å²) < 4.78 is 28.4. The van der Waals surface area contributed by atoms with Gasteiger partial charge in [0.2, 0.25) is 0 Å². The van der Waals surface area contributed by atoms with Crippen molar-refractivity contribution >= 4 is 10.1 Å². The van der Waals surface area contributed by atoms with Gasteiger partial charge in [0, 0.05) is 0 Å². The van der Waals surface area contributed by atoms with E-state index in [0.717, 1.165) is 16.7 Å². The summed E-state index contributed by atoms with van der Waals surface area (Å²) in [6.45, 7) is 9.40. The first-order chi connectivity index (χ1) is 7.73. The van der Waals surface area contributed by atoms with Crippen LogP contribution >= 0.6 is 0 Å². The van der Waals surface area contributed by atoms with E-state index < -0.39 is 10.1 Å². The molecule has 0 aliphatic rings. The van der Waals surface area contributed by atoms with Crippen LogP contribution in [0.3, 0.4) is 0 Å². The van der Waals surface area contributed by atoms with Gasteiger partial charge in [0.1, 0.15) is 5.75 Å². The molecule has 1 rings (SSSR count). The van der Waals surface area contributed by atoms with Crippen LogP contribution in [0.2, 0.25) is 0 Å². The third-order valence-electron chi connectivity index (χ3n) is 2.84. The molecule has 0 radical (unpaired) electrons. The highest BCUT2D eigenvalue weighted by Crippen LogP contribution is 2.20. The molecule has 0 atom stereocenters. The number of hydrogen-bond donors (Lipinski definition) is 0. The number of rotatable bonds is 4. The van der Waals surface area contributed by atoms with Gasteiger partial charge in [-0.3, -0.25) is 4.18 Å². The van der Waals surface area contributed by atoms with Crippen LogP contribution in [0.5, 0.6) is 0 Å². The van der Waals surface area contributed by atoms with E-state index in [2.05, 4.69) is 0 Å². The fourth-order valence-corrected chi connectivity index (χ4v) is 3.03. The molecule has 0 N–H and O–H groups in total. The molecule has 1 aromatic rings. The van der Waals surface area contributed by atoms with Crippen molar-refractivity contribution in [3.8, 4) is 0 Å². The summed E-state index contributed by atoms with van der Waals surface area (Å²) in [6, 6.07) is 3.81. The summed E-state index contributed by atoms with van der Waals surface area (Å²) in [5.74, 6) is -0.0574. The predicted molar refractivity (Wildman–Crippen MR) is 69.5 cm³/mol. The second-order valence-electron chi connectivity index (χ2n) is 4.64. The second kappa shape index (κ2) is 5.19. The van der Waals surface area contributed by atoms with Crippen molar-refractivity contribution in [2.45, 2.75) is 46.5 Å². The molecule has 0 aromatic heterocycles. The van der Waals surface area contributed by atoms with Crippen LogP contribution in [0.15, 0.2) is 12.1 Å². The van der Waals surface area contributed by atoms with E-state index in [0.29, 0.717) is 0 Å². The van der Waals surface area contributed by atoms with Crippen molar-refractivity contribution in [2.75, 3.05) is 0 Å². The third kappa shape index (κ3) is 3.82. The van der Waals surface area contributed by atoms with Gasteiger partial charge in [-0.25, -0.2) is 0 Å². The van der Waals surface area contributed by atoms with Crippen LogP contribution < -0.4 is 0 Å². The Kier molecular flexibility index (Phi) is 4.33. The van der Waals surface area contributed by atoms with Gasteiger partial charge >= 0.3 is 0 Å². The molecule has 0 bridgehead atoms. The molecule has 4 heteroatoms. The van der Waals surface area contributed by atoms with E-state index in [1.54, 1.807) is 13.8 Å². The summed E-state index contributed by atoms with van der Waals surface area (Å²) in [6.07, 6.45) is -0.313. The molecular formula is C13H20O3S. The van der Waals surface area contributed by atoms with Crippen molar-refractivity contribution < 1.29 is 12.6 Å². The molecule has 0 aliphatic carbocycles. The number of aryl methyl sites for hydroxylation is 1. The summed E-state index contributed by atoms with van der Waals surface area (Å²) in [5, 5.41) is 0. The van der Waals surface area contributed by atoms with Gasteiger partial charge in [0.25, 0.3) is 10.1 Å². The van der Waals surface area contributed by atoms with Gasteiger partial charge in [-0.05, 0) is 56.9 Å². The van der Waals surface area contributed by atoms with Crippen LogP contribution in [0.1, 0.15) is 36.1 Å². The SMILES string of the molecule is Cc1ccc(CS(=O)(=O)OC(C)C)c(C)c1C. The maximum absolute atomic E-state index is 11.7. The van der Waals surface area contributed by atoms with E-state index in [-0.39, 0.29) is 11.9 Å². The Morgan fingerprint density at radius 3 is 2.24 bits per heavy atom. The van der Waals surface area contributed by atoms with Gasteiger partial charge in [0.15, 0.2) is 0 Å². The number of benzene rings is 1. The quantitative estimate of drug-likeness (QED) is 0.778. The molecule has 1 aromatic carbocycles. The maximum atomic E-state index is 11.7. The molecule has 0 heterocycles. The Morgan fingerprint density at radius 2 is 1.71 bits per heavy atom. The fourth-order valence-electron chi connectivity index (χ4n) is 1.69. The molecule has 0 saturated heterocycles. The van der Waals surface area contributed by atoms with Crippen molar-refractivity contribution in [2.24, 2.45) is 0 Å². The second-order valence-corrected chi connectivity index (χ2v) is 6.24. The first-order valence-corrected chi connectivity index (χ1v) is 7.27. The zero-order valence-corrected chi connectivity index (χ0v) is 11.9. The van der Waals surface area contributed by atoms with Gasteiger partial charge in [-0.1, -0.05) is 12.1 Å². The summed E-state index contributed by atoms with van der Waals surface area (Å²) in [4.78, 5) is 0. The van der Waals surface area contributed by atoms with Crippen molar-refractivity contribution in [1.29, 1.82) is 0 Å². The monoisotopic (exact) mass is 256 g/mol. The van der Waals surface area contributed by atoms with E-state index in [4.69, 9.17) is 4.18 Å². The highest BCUT2D eigenvalue weighted by atomic mass is 32.2. The summed E-state index contributed by atoms with van der Waals surface area (Å²) in [7, 11) is -3.49. The molecule has 0 fully saturated rings. The van der Waals surface area contributed by atoms with Crippen molar-refractivity contribution in [3.63, 3.8) is 0 Å². The van der Waals surface area contributed by atoms with Crippen molar-refractivity contribution in [1.82, 2.24) is 0 Å². The molecule has 0 spiro atoms. The van der Waals surface area contributed by atoms with Crippen LogP contribution in [-0.4, -0.2) is 14.5 Å². The predicted octanol–water partition coefficient (Wildman–Crippen LogP) is 2.87. The third-order valence-corrected chi connectivity index (χ3v) is 4.18. The fraction of sp³-hybridized carbons (Fsp3) is 0.538. The van der Waals surface area contributed by atoms with Gasteiger partial charge < -0.3 is 0 Å². The lowest BCUT2D eigenvalue weighted by Gasteiger charge is -2.13. The Labute approximate surface area is 104 Å². The topological polar surface area (TPSA) is 43.4 Å². The zero-order valence-electron chi connectivity index (χ0n) is 11.1. The molecule has 17 heavy (non-hydrogen) atoms. The Hall–Kier alpha value is -0.870. The van der Waals surface area contributed by atoms with Gasteiger partial charge in [-0.2, -0.15) is 8.42 Å². The van der Waals surface area contributed by atoms with Gasteiger partial charge in [-0.15, -0.1) is 0 Å². The minimum Gasteiger partial charge on any atom is -0.267 e. The lowest BCUT2D eigenvalue weighted by Crippen LogP contribution is -2.15. The minimum atomic E-state index is -3.49. The largest absolute Gasteiger partial charge is 0.271 e. The maximum Gasteiger partial charge on any atom is 0.271 e. The Bertz CT molecular complexity index is 502. The Morgan fingerprint density at radius 1 is 1.12 bits per heavy atom. The normalized spacial score (nSPS) is 12.1. The molecular weight excluding hydrogens is 236 g/mol. The first-order valence-electron chi connectivity index (χ1n) is 5.69. The van der Waals surface area contributed by atoms with E-state index in [1.165, 1.54) is 5.56 Å². The molecule has 96 valence electrons. The average molecular weight is 256 g/mol. The van der Waals surface area contributed by atoms with E-state index in [9.17, 15) is 8.42 Å². The lowest BCUT2D eigenvalue weighted by atomic mass is 10.00. The number of hydrogen-bond acceptors (Lipinski definition) is 3. The van der Waals surface area contributed by atoms with Gasteiger partial charge in [0.05, 0.1) is 6.10 Å². The van der Waals surface area contributed by atoms with Crippen molar-refractivity contribution in [3.05, 3.63) is 34.4 Å². The van der Waals surface area contributed by atoms with E-state index in [1.807, 2.05) is 32.9 Å². The van der Waals surface area contributed by atoms with Crippen LogP contribution in [0.4, 0.5) is 0 Å². The Balaban J connectivity index is 3.01. The molecule has 0 aliphatic heterocycles. The summed E-state index contributed by atoms with van der Waals surface area (Å²) in [5.41, 5.74) is 4.16. The van der Waals surface area contributed by atoms with Crippen LogP contribution in [0, 0.1) is 20.8 Å². The first kappa shape index (κ1) is 14.2. The lowest BCUT2D eigenvalue weighted by molar-refractivity contribution is 0.248. The van der Waals surface area contributed by atoms with E-state index >= 15 is 0 Å². The molecule has 0 saturated carbocycles. The van der Waals surface area contributed by atoms with Crippen LogP contribution in [0.25, 0.3) is 0 Å². The summed E-state index contributed by atoms with van der Waals surface area (Å²) >= 11 is 0. The smallest absolute Gasteiger partial charge is 0.267 e. The highest BCUT2D eigenvalue weighted by Gasteiger charge is 2.16. The zero-order chi connectivity index (χ0) is 13.2. The molecule has 3 nitrogen and oxygen atoms in total.